The average molecular weight is 563 g/mol. The lowest BCUT2D eigenvalue weighted by Gasteiger charge is -2.42. The predicted molar refractivity (Wildman–Crippen MR) is 171 cm³/mol. The molecule has 214 valence electrons. The molecule has 1 aromatic carbocycles. The van der Waals surface area contributed by atoms with E-state index in [0.717, 1.165) is 53.5 Å². The van der Waals surface area contributed by atoms with Gasteiger partial charge < -0.3 is 11.1 Å². The smallest absolute Gasteiger partial charge is 0.123 e. The lowest BCUT2D eigenvalue weighted by molar-refractivity contribution is 0.326. The maximum atomic E-state index is 13.5. The number of nitrogens with one attached hydrogen (secondary N) is 2. The number of nitrogens with two attached hydrogens (primary N) is 1. The highest BCUT2D eigenvalue weighted by molar-refractivity contribution is 7.78. The summed E-state index contributed by atoms with van der Waals surface area (Å²) < 4.78 is 16.5. The zero-order valence-corrected chi connectivity index (χ0v) is 24.7. The molecule has 1 saturated heterocycles. The third-order valence-corrected chi connectivity index (χ3v) is 7.75. The molecule has 0 aromatic heterocycles. The topological polar surface area (TPSA) is 78.0 Å². The molecule has 0 radical (unpaired) electrons. The number of likely N-dealkylation sites (tertiary alicyclic amines) is 1. The molecule has 1 fully saturated rings. The molecule has 3 rings (SSSR count). The Hall–Kier alpha value is -3.20. The van der Waals surface area contributed by atoms with Crippen LogP contribution in [0, 0.1) is 11.2 Å². The molecule has 8 heteroatoms. The maximum absolute atomic E-state index is 13.5. The molecular formula is C32H43FN6S. The highest BCUT2D eigenvalue weighted by Gasteiger charge is 2.42. The van der Waals surface area contributed by atoms with Crippen molar-refractivity contribution >= 4 is 29.9 Å². The van der Waals surface area contributed by atoms with Gasteiger partial charge in [-0.15, -0.1) is 0 Å². The second-order valence-electron chi connectivity index (χ2n) is 10.2. The number of nitrogens with zero attached hydrogens (tertiary/aromatic N) is 3. The second kappa shape index (κ2) is 15.6. The summed E-state index contributed by atoms with van der Waals surface area (Å²) in [5, 5.41) is 3.50. The molecule has 0 amide bonds. The van der Waals surface area contributed by atoms with Gasteiger partial charge in [0, 0.05) is 30.1 Å². The number of halogens is 1. The standard InChI is InChI=1S/C32H43FN6S/c1-5-14-36-25(4)24(3)32(19-26(6-2)22-35-23-39-16-7-8-17-39)20-27(21-34)31(18-28(32)13-15-37-40)38-30-11-9-29(33)10-12-30/h5-6,9-12,14,18,21-22,35,37,40H,2-3,7-8,13,15-17,19-20,23,34H2,1,4H3/b14-5-,26-22+,27-21?,36-25?,38-31?. The molecular weight excluding hydrogens is 519 g/mol. The quantitative estimate of drug-likeness (QED) is 0.125. The van der Waals surface area contributed by atoms with Gasteiger partial charge in [-0.05, 0) is 112 Å². The third kappa shape index (κ3) is 8.16. The fourth-order valence-corrected chi connectivity index (χ4v) is 5.41. The van der Waals surface area contributed by atoms with E-state index in [1.54, 1.807) is 24.5 Å². The van der Waals surface area contributed by atoms with Gasteiger partial charge in [0.25, 0.3) is 0 Å². The van der Waals surface area contributed by atoms with Crippen molar-refractivity contribution in [3.05, 3.63) is 102 Å². The molecule has 0 bridgehead atoms. The molecule has 0 saturated carbocycles. The number of thiol groups is 1. The Labute approximate surface area is 244 Å². The summed E-state index contributed by atoms with van der Waals surface area (Å²) >= 11 is 4.27. The molecule has 2 aliphatic rings. The van der Waals surface area contributed by atoms with E-state index in [2.05, 4.69) is 58.2 Å². The molecule has 1 heterocycles. The van der Waals surface area contributed by atoms with E-state index in [1.165, 1.54) is 25.0 Å². The Morgan fingerprint density at radius 2 is 1.98 bits per heavy atom. The van der Waals surface area contributed by atoms with Crippen LogP contribution in [0.1, 0.15) is 46.0 Å². The van der Waals surface area contributed by atoms with Gasteiger partial charge in [0.1, 0.15) is 5.82 Å². The lowest BCUT2D eigenvalue weighted by atomic mass is 9.61. The molecule has 1 aliphatic carbocycles. The van der Waals surface area contributed by atoms with Crippen molar-refractivity contribution in [1.82, 2.24) is 14.9 Å². The first-order valence-electron chi connectivity index (χ1n) is 13.8. The van der Waals surface area contributed by atoms with E-state index in [1.807, 2.05) is 26.0 Å². The summed E-state index contributed by atoms with van der Waals surface area (Å²) in [5.41, 5.74) is 12.0. The van der Waals surface area contributed by atoms with Gasteiger partial charge in [-0.2, -0.15) is 0 Å². The minimum absolute atomic E-state index is 0.299. The summed E-state index contributed by atoms with van der Waals surface area (Å²) in [6.07, 6.45) is 15.8. The van der Waals surface area contributed by atoms with E-state index in [0.29, 0.717) is 31.5 Å². The largest absolute Gasteiger partial charge is 0.404 e. The first-order valence-corrected chi connectivity index (χ1v) is 14.3. The van der Waals surface area contributed by atoms with Crippen molar-refractivity contribution in [3.63, 3.8) is 0 Å². The highest BCUT2D eigenvalue weighted by atomic mass is 32.1. The van der Waals surface area contributed by atoms with E-state index in [-0.39, 0.29) is 5.82 Å². The van der Waals surface area contributed by atoms with Gasteiger partial charge >= 0.3 is 0 Å². The molecule has 1 unspecified atom stereocenters. The van der Waals surface area contributed by atoms with E-state index in [4.69, 9.17) is 10.7 Å². The van der Waals surface area contributed by atoms with Gasteiger partial charge in [-0.1, -0.05) is 43.7 Å². The zero-order valence-electron chi connectivity index (χ0n) is 23.8. The van der Waals surface area contributed by atoms with Crippen LogP contribution >= 0.6 is 12.8 Å². The summed E-state index contributed by atoms with van der Waals surface area (Å²) in [6, 6.07) is 6.15. The van der Waals surface area contributed by atoms with Gasteiger partial charge in [-0.25, -0.2) is 9.38 Å². The van der Waals surface area contributed by atoms with Gasteiger partial charge in [-0.3, -0.25) is 14.6 Å². The van der Waals surface area contributed by atoms with Gasteiger partial charge in [0.15, 0.2) is 0 Å². The first-order chi connectivity index (χ1) is 19.4. The Morgan fingerprint density at radius 1 is 1.25 bits per heavy atom. The van der Waals surface area contributed by atoms with Crippen LogP contribution in [0.3, 0.4) is 0 Å². The molecule has 4 N–H and O–H groups in total. The highest BCUT2D eigenvalue weighted by Crippen LogP contribution is 2.50. The van der Waals surface area contributed by atoms with E-state index in [9.17, 15) is 4.39 Å². The van der Waals surface area contributed by atoms with Crippen LogP contribution in [0.15, 0.2) is 107 Å². The van der Waals surface area contributed by atoms with Crippen LogP contribution in [-0.4, -0.2) is 42.6 Å². The van der Waals surface area contributed by atoms with Crippen LogP contribution in [0.4, 0.5) is 10.1 Å². The summed E-state index contributed by atoms with van der Waals surface area (Å²) in [4.78, 5) is 11.9. The fraction of sp³-hybridized carbons (Fsp3) is 0.375. The van der Waals surface area contributed by atoms with Gasteiger partial charge in [0.2, 0.25) is 0 Å². The minimum atomic E-state index is -0.512. The second-order valence-corrected chi connectivity index (χ2v) is 10.5. The Morgan fingerprint density at radius 3 is 2.60 bits per heavy atom. The third-order valence-electron chi connectivity index (χ3n) is 7.53. The molecule has 0 spiro atoms. The number of hydrogen-bond donors (Lipinski definition) is 4. The van der Waals surface area contributed by atoms with Crippen molar-refractivity contribution in [2.75, 3.05) is 26.3 Å². The monoisotopic (exact) mass is 562 g/mol. The van der Waals surface area contributed by atoms with E-state index < -0.39 is 5.41 Å². The maximum Gasteiger partial charge on any atom is 0.123 e. The lowest BCUT2D eigenvalue weighted by Crippen LogP contribution is -2.36. The number of allylic oxidation sites excluding steroid dienone is 6. The van der Waals surface area contributed by atoms with Crippen LogP contribution in [0.5, 0.6) is 0 Å². The summed E-state index contributed by atoms with van der Waals surface area (Å²) in [5.74, 6) is -0.299. The normalized spacial score (nSPS) is 22.8. The van der Waals surface area contributed by atoms with Crippen molar-refractivity contribution in [1.29, 1.82) is 0 Å². The number of aliphatic imine (C=N–C) groups is 2. The van der Waals surface area contributed by atoms with Crippen LogP contribution in [-0.2, 0) is 0 Å². The number of rotatable bonds is 13. The Bertz CT molecular complexity index is 1220. The van der Waals surface area contributed by atoms with Gasteiger partial charge in [0.05, 0.1) is 18.1 Å². The summed E-state index contributed by atoms with van der Waals surface area (Å²) in [6.45, 7) is 16.4. The molecule has 1 aromatic rings. The van der Waals surface area contributed by atoms with Crippen molar-refractivity contribution in [2.45, 2.75) is 46.0 Å². The molecule has 1 aliphatic heterocycles. The van der Waals surface area contributed by atoms with Crippen molar-refractivity contribution in [2.24, 2.45) is 21.1 Å². The summed E-state index contributed by atoms with van der Waals surface area (Å²) in [7, 11) is 0. The van der Waals surface area contributed by atoms with Crippen LogP contribution in [0.25, 0.3) is 0 Å². The molecule has 6 nitrogen and oxygen atoms in total. The zero-order chi connectivity index (χ0) is 29.0. The van der Waals surface area contributed by atoms with Crippen molar-refractivity contribution < 1.29 is 4.39 Å². The van der Waals surface area contributed by atoms with Crippen LogP contribution < -0.4 is 15.8 Å². The number of benzene rings is 1. The Balaban J connectivity index is 2.11. The van der Waals surface area contributed by atoms with Crippen LogP contribution in [0.2, 0.25) is 0 Å². The predicted octanol–water partition coefficient (Wildman–Crippen LogP) is 6.54. The average Bonchev–Trinajstić information content (AvgIpc) is 3.49. The SMILES string of the molecule is C=C/C(=C\NCN1CCCC1)CC1(C(=C)C(C)=N/C=C\C)CC(=CN)C(=Nc2ccc(F)cc2)C=C1CCNS. The fourth-order valence-electron chi connectivity index (χ4n) is 5.30. The molecule has 1 atom stereocenters. The van der Waals surface area contributed by atoms with E-state index >= 15 is 0 Å². The Kier molecular flexibility index (Phi) is 12.2. The molecule has 40 heavy (non-hydrogen) atoms. The first kappa shape index (κ1) is 31.3. The minimum Gasteiger partial charge on any atom is -0.404 e. The number of hydrogen-bond acceptors (Lipinski definition) is 7. The van der Waals surface area contributed by atoms with Crippen molar-refractivity contribution in [3.8, 4) is 0 Å².